The van der Waals surface area contributed by atoms with Crippen molar-refractivity contribution >= 4 is 50.8 Å². The smallest absolute Gasteiger partial charge is 0.294 e. The number of amides is 3. The molecule has 1 aromatic carbocycles. The minimum atomic E-state index is -0.408. The maximum Gasteiger partial charge on any atom is 0.294 e. The van der Waals surface area contributed by atoms with Gasteiger partial charge in [-0.2, -0.15) is 0 Å². The summed E-state index contributed by atoms with van der Waals surface area (Å²) in [4.78, 5) is 40.8. The van der Waals surface area contributed by atoms with Gasteiger partial charge in [-0.3, -0.25) is 19.3 Å². The van der Waals surface area contributed by atoms with Crippen LogP contribution in [-0.4, -0.2) is 51.1 Å². The molecule has 2 fully saturated rings. The van der Waals surface area contributed by atoms with Crippen molar-refractivity contribution in [2.24, 2.45) is 0 Å². The Morgan fingerprint density at radius 2 is 1.79 bits per heavy atom. The zero-order valence-corrected chi connectivity index (χ0v) is 18.1. The molecule has 1 aromatic heterocycles. The number of aromatic nitrogens is 1. The van der Waals surface area contributed by atoms with Crippen molar-refractivity contribution < 1.29 is 14.4 Å². The fourth-order valence-electron chi connectivity index (χ4n) is 3.50. The van der Waals surface area contributed by atoms with Gasteiger partial charge in [0, 0.05) is 35.1 Å². The lowest BCUT2D eigenvalue weighted by Gasteiger charge is -2.27. The number of nitrogens with zero attached hydrogens (tertiary/aromatic N) is 3. The second-order valence-corrected chi connectivity index (χ2v) is 8.90. The first-order valence-corrected chi connectivity index (χ1v) is 11.1. The van der Waals surface area contributed by atoms with Crippen molar-refractivity contribution in [3.05, 3.63) is 57.7 Å². The third kappa shape index (κ3) is 4.33. The highest BCUT2D eigenvalue weighted by Crippen LogP contribution is 2.32. The topological polar surface area (TPSA) is 62.6 Å². The molecule has 0 N–H and O–H groups in total. The molecule has 150 valence electrons. The van der Waals surface area contributed by atoms with Gasteiger partial charge in [0.05, 0.1) is 4.91 Å². The normalized spacial score (nSPS) is 18.7. The molecular weight excluding hydrogens is 454 g/mol. The van der Waals surface area contributed by atoms with E-state index >= 15 is 0 Å². The summed E-state index contributed by atoms with van der Waals surface area (Å²) in [5.74, 6) is -0.569. The fraction of sp³-hybridized carbons (Fsp3) is 0.286. The third-order valence-corrected chi connectivity index (χ3v) is 6.48. The Morgan fingerprint density at radius 1 is 1.07 bits per heavy atom. The Bertz CT molecular complexity index is 977. The van der Waals surface area contributed by atoms with E-state index in [2.05, 4.69) is 15.9 Å². The van der Waals surface area contributed by atoms with Gasteiger partial charge in [0.2, 0.25) is 5.91 Å². The van der Waals surface area contributed by atoms with Gasteiger partial charge in [-0.1, -0.05) is 15.9 Å². The van der Waals surface area contributed by atoms with Crippen LogP contribution in [0, 0.1) is 0 Å². The minimum Gasteiger partial charge on any atom is -0.341 e. The second-order valence-electron chi connectivity index (χ2n) is 6.99. The van der Waals surface area contributed by atoms with Crippen molar-refractivity contribution in [3.63, 3.8) is 0 Å². The molecule has 2 aromatic rings. The summed E-state index contributed by atoms with van der Waals surface area (Å²) < 4.78 is 2.92. The summed E-state index contributed by atoms with van der Waals surface area (Å²) in [6.45, 7) is 1.22. The summed E-state index contributed by atoms with van der Waals surface area (Å²) in [6, 6.07) is 11.6. The van der Waals surface area contributed by atoms with Crippen LogP contribution in [-0.2, 0) is 9.59 Å². The molecule has 0 unspecified atom stereocenters. The van der Waals surface area contributed by atoms with Crippen LogP contribution in [0.15, 0.2) is 52.0 Å². The van der Waals surface area contributed by atoms with Crippen LogP contribution in [0.3, 0.4) is 0 Å². The van der Waals surface area contributed by atoms with Crippen molar-refractivity contribution in [2.45, 2.75) is 19.3 Å². The van der Waals surface area contributed by atoms with Gasteiger partial charge in [0.1, 0.15) is 6.54 Å². The molecule has 4 rings (SSSR count). The van der Waals surface area contributed by atoms with E-state index in [1.54, 1.807) is 11.0 Å². The minimum absolute atomic E-state index is 0.161. The SMILES string of the molecule is O=C(CN1C(=O)S/C(=C\c2cccn2-c2ccc(Br)cc2)C1=O)N1CCCCC1. The molecule has 8 heteroatoms. The van der Waals surface area contributed by atoms with Crippen LogP contribution in [0.1, 0.15) is 25.0 Å². The van der Waals surface area contributed by atoms with Gasteiger partial charge in [-0.15, -0.1) is 0 Å². The number of imide groups is 1. The van der Waals surface area contributed by atoms with Crippen LogP contribution in [0.2, 0.25) is 0 Å². The lowest BCUT2D eigenvalue weighted by atomic mass is 10.1. The Hall–Kier alpha value is -2.32. The molecule has 0 spiro atoms. The Kier molecular flexibility index (Phi) is 5.91. The molecule has 3 amide bonds. The van der Waals surface area contributed by atoms with Gasteiger partial charge in [-0.05, 0) is 73.5 Å². The van der Waals surface area contributed by atoms with Crippen LogP contribution in [0.4, 0.5) is 4.79 Å². The first-order chi connectivity index (χ1) is 14.0. The highest BCUT2D eigenvalue weighted by Gasteiger charge is 2.37. The summed E-state index contributed by atoms with van der Waals surface area (Å²) >= 11 is 4.31. The van der Waals surface area contributed by atoms with E-state index < -0.39 is 11.1 Å². The van der Waals surface area contributed by atoms with E-state index in [0.29, 0.717) is 18.0 Å². The highest BCUT2D eigenvalue weighted by atomic mass is 79.9. The van der Waals surface area contributed by atoms with E-state index in [9.17, 15) is 14.4 Å². The van der Waals surface area contributed by atoms with Crippen molar-refractivity contribution in [2.75, 3.05) is 19.6 Å². The quantitative estimate of drug-likeness (QED) is 0.621. The fourth-order valence-corrected chi connectivity index (χ4v) is 4.59. The van der Waals surface area contributed by atoms with Crippen LogP contribution in [0.5, 0.6) is 0 Å². The van der Waals surface area contributed by atoms with Gasteiger partial charge < -0.3 is 9.47 Å². The monoisotopic (exact) mass is 473 g/mol. The van der Waals surface area contributed by atoms with E-state index in [-0.39, 0.29) is 12.5 Å². The van der Waals surface area contributed by atoms with E-state index in [1.165, 1.54) is 0 Å². The van der Waals surface area contributed by atoms with Crippen molar-refractivity contribution in [1.29, 1.82) is 0 Å². The average molecular weight is 474 g/mol. The maximum atomic E-state index is 12.8. The van der Waals surface area contributed by atoms with E-state index in [4.69, 9.17) is 0 Å². The molecule has 29 heavy (non-hydrogen) atoms. The number of hydrogen-bond acceptors (Lipinski definition) is 4. The first-order valence-electron chi connectivity index (χ1n) is 9.49. The molecule has 0 aliphatic carbocycles. The van der Waals surface area contributed by atoms with Crippen molar-refractivity contribution in [3.8, 4) is 5.69 Å². The Morgan fingerprint density at radius 3 is 2.52 bits per heavy atom. The Labute approximate surface area is 181 Å². The number of benzene rings is 1. The maximum absolute atomic E-state index is 12.8. The summed E-state index contributed by atoms with van der Waals surface area (Å²) in [5.41, 5.74) is 1.74. The number of carbonyl (C=O) groups is 3. The number of thioether (sulfide) groups is 1. The Balaban J connectivity index is 1.52. The molecule has 2 aliphatic rings. The van der Waals surface area contributed by atoms with Gasteiger partial charge in [0.25, 0.3) is 11.1 Å². The number of piperidine rings is 1. The molecule has 3 heterocycles. The van der Waals surface area contributed by atoms with Crippen molar-refractivity contribution in [1.82, 2.24) is 14.4 Å². The van der Waals surface area contributed by atoms with Crippen LogP contribution < -0.4 is 0 Å². The predicted molar refractivity (Wildman–Crippen MR) is 117 cm³/mol. The van der Waals surface area contributed by atoms with E-state index in [1.807, 2.05) is 47.2 Å². The summed E-state index contributed by atoms with van der Waals surface area (Å²) in [7, 11) is 0. The predicted octanol–water partition coefficient (Wildman–Crippen LogP) is 4.29. The number of rotatable bonds is 4. The first kappa shape index (κ1) is 20.0. The van der Waals surface area contributed by atoms with Gasteiger partial charge >= 0.3 is 0 Å². The molecule has 2 saturated heterocycles. The number of likely N-dealkylation sites (tertiary alicyclic amines) is 1. The van der Waals surface area contributed by atoms with Crippen LogP contribution >= 0.6 is 27.7 Å². The molecule has 0 saturated carbocycles. The molecule has 6 nitrogen and oxygen atoms in total. The third-order valence-electron chi connectivity index (χ3n) is 5.04. The zero-order valence-electron chi connectivity index (χ0n) is 15.7. The van der Waals surface area contributed by atoms with Gasteiger partial charge in [-0.25, -0.2) is 0 Å². The average Bonchev–Trinajstić information content (AvgIpc) is 3.29. The number of hydrogen-bond donors (Lipinski definition) is 0. The number of halogens is 1. The number of carbonyl (C=O) groups excluding carboxylic acids is 3. The summed E-state index contributed by atoms with van der Waals surface area (Å²) in [6.07, 6.45) is 6.67. The molecule has 0 atom stereocenters. The molecule has 2 aliphatic heterocycles. The molecule has 0 bridgehead atoms. The lowest BCUT2D eigenvalue weighted by molar-refractivity contribution is -0.136. The second kappa shape index (κ2) is 8.59. The van der Waals surface area contributed by atoms with Crippen LogP contribution in [0.25, 0.3) is 11.8 Å². The lowest BCUT2D eigenvalue weighted by Crippen LogP contribution is -2.44. The van der Waals surface area contributed by atoms with Gasteiger partial charge in [0.15, 0.2) is 0 Å². The molecular formula is C21H20BrN3O3S. The summed E-state index contributed by atoms with van der Waals surface area (Å²) in [5, 5.41) is -0.395. The highest BCUT2D eigenvalue weighted by molar-refractivity contribution is 9.10. The standard InChI is InChI=1S/C21H20BrN3O3S/c22-15-6-8-16(9-7-15)24-12-4-5-17(24)13-18-20(27)25(21(28)29-18)14-19(26)23-10-2-1-3-11-23/h4-9,12-13H,1-3,10-11,14H2/b18-13-. The largest absolute Gasteiger partial charge is 0.341 e. The zero-order chi connectivity index (χ0) is 20.4. The molecule has 0 radical (unpaired) electrons. The van der Waals surface area contributed by atoms with E-state index in [0.717, 1.165) is 51.8 Å².